The molecule has 1 N–H and O–H groups in total. The van der Waals surface area contributed by atoms with Gasteiger partial charge in [-0.3, -0.25) is 4.79 Å². The summed E-state index contributed by atoms with van der Waals surface area (Å²) in [6.07, 6.45) is 2.15. The van der Waals surface area contributed by atoms with E-state index in [4.69, 9.17) is 4.74 Å². The van der Waals surface area contributed by atoms with Gasteiger partial charge in [0, 0.05) is 6.89 Å². The molecule has 1 aliphatic rings. The highest BCUT2D eigenvalue weighted by Crippen LogP contribution is 2.50. The Morgan fingerprint density at radius 1 is 0.833 bits per heavy atom. The number of carbonyl (C=O) groups is 2. The van der Waals surface area contributed by atoms with Crippen molar-refractivity contribution in [2.75, 3.05) is 0 Å². The number of amides is 1. The molecule has 5 nitrogen and oxygen atoms in total. The van der Waals surface area contributed by atoms with Crippen molar-refractivity contribution < 1.29 is 19.4 Å². The van der Waals surface area contributed by atoms with Crippen LogP contribution in [0.3, 0.4) is 0 Å². The molecular formula is C36H36NO4P. The van der Waals surface area contributed by atoms with E-state index in [0.29, 0.717) is 11.8 Å². The van der Waals surface area contributed by atoms with E-state index in [2.05, 4.69) is 6.58 Å². The van der Waals surface area contributed by atoms with E-state index in [1.54, 1.807) is 24.8 Å². The van der Waals surface area contributed by atoms with Crippen LogP contribution in [-0.4, -0.2) is 38.9 Å². The fourth-order valence-electron chi connectivity index (χ4n) is 5.94. The lowest BCUT2D eigenvalue weighted by Crippen LogP contribution is -2.70. The molecule has 0 aliphatic carbocycles. The first-order valence-electron chi connectivity index (χ1n) is 14.1. The number of hydrogen-bond donors (Lipinski definition) is 1. The lowest BCUT2D eigenvalue weighted by atomic mass is 9.74. The van der Waals surface area contributed by atoms with E-state index >= 15 is 0 Å². The van der Waals surface area contributed by atoms with Gasteiger partial charge in [0.2, 0.25) is 5.91 Å². The molecule has 4 aromatic carbocycles. The van der Waals surface area contributed by atoms with Crippen LogP contribution in [0.15, 0.2) is 134 Å². The Kier molecular flexibility index (Phi) is 8.63. The third-order valence-corrected chi connectivity index (χ3v) is 12.0. The molecule has 0 radical (unpaired) electrons. The number of likely N-dealkylation sites (tertiary alicyclic amines) is 1. The van der Waals surface area contributed by atoms with Crippen molar-refractivity contribution in [2.45, 2.75) is 38.5 Å². The van der Waals surface area contributed by atoms with Gasteiger partial charge in [0.1, 0.15) is 12.0 Å². The molecule has 214 valence electrons. The largest absolute Gasteiger partial charge is 0.456 e. The molecule has 4 aromatic rings. The summed E-state index contributed by atoms with van der Waals surface area (Å²) in [5.74, 6) is -1.55. The van der Waals surface area contributed by atoms with Crippen LogP contribution in [0.4, 0.5) is 0 Å². The van der Waals surface area contributed by atoms with Crippen molar-refractivity contribution >= 4 is 40.1 Å². The van der Waals surface area contributed by atoms with Crippen LogP contribution in [-0.2, 0) is 20.9 Å². The summed E-state index contributed by atoms with van der Waals surface area (Å²) >= 11 is 0. The van der Waals surface area contributed by atoms with Crippen LogP contribution >= 0.6 is 6.89 Å². The van der Waals surface area contributed by atoms with Crippen LogP contribution in [0.25, 0.3) is 0 Å². The van der Waals surface area contributed by atoms with Crippen molar-refractivity contribution in [3.63, 3.8) is 0 Å². The molecule has 1 amide bonds. The number of aliphatic hydroxyl groups is 1. The second-order valence-electron chi connectivity index (χ2n) is 11.0. The third-order valence-electron chi connectivity index (χ3n) is 7.76. The average molecular weight is 578 g/mol. The summed E-state index contributed by atoms with van der Waals surface area (Å²) in [7, 11) is 0. The van der Waals surface area contributed by atoms with E-state index < -0.39 is 30.4 Å². The first kappa shape index (κ1) is 29.3. The van der Waals surface area contributed by atoms with Gasteiger partial charge in [-0.25, -0.2) is 4.79 Å². The molecule has 1 aliphatic heterocycles. The molecule has 6 heteroatoms. The van der Waals surface area contributed by atoms with Crippen molar-refractivity contribution in [3.8, 4) is 0 Å². The second-order valence-corrected chi connectivity index (χ2v) is 14.3. The fourth-order valence-corrected chi connectivity index (χ4v) is 10.3. The Labute approximate surface area is 248 Å². The lowest BCUT2D eigenvalue weighted by molar-refractivity contribution is -0.165. The number of carbonyl (C=O) groups excluding carboxylic acids is 2. The Bertz CT molecular complexity index is 1490. The number of β-lactam (4-membered cyclic amide) rings is 1. The number of esters is 1. The number of nitrogens with zero attached hydrogens (tertiary/aromatic N) is 1. The minimum absolute atomic E-state index is 0.0601. The maximum atomic E-state index is 14.7. The van der Waals surface area contributed by atoms with E-state index in [1.165, 1.54) is 0 Å². The van der Waals surface area contributed by atoms with Crippen LogP contribution in [0.5, 0.6) is 0 Å². The second kappa shape index (κ2) is 12.4. The van der Waals surface area contributed by atoms with Gasteiger partial charge in [-0.2, -0.15) is 0 Å². The van der Waals surface area contributed by atoms with Gasteiger partial charge in [-0.15, -0.1) is 6.58 Å². The van der Waals surface area contributed by atoms with Crippen molar-refractivity contribution in [1.29, 1.82) is 0 Å². The Balaban J connectivity index is 1.88. The van der Waals surface area contributed by atoms with Crippen molar-refractivity contribution in [1.82, 2.24) is 4.90 Å². The Morgan fingerprint density at radius 2 is 1.26 bits per heavy atom. The molecule has 1 fully saturated rings. The lowest BCUT2D eigenvalue weighted by Gasteiger charge is -2.53. The molecule has 42 heavy (non-hydrogen) atoms. The monoisotopic (exact) mass is 577 g/mol. The highest BCUT2D eigenvalue weighted by molar-refractivity contribution is 7.96. The summed E-state index contributed by atoms with van der Waals surface area (Å²) in [5, 5.41) is 13.8. The molecular weight excluding hydrogens is 541 g/mol. The predicted octanol–water partition coefficient (Wildman–Crippen LogP) is 5.03. The number of ether oxygens (including phenoxy) is 1. The summed E-state index contributed by atoms with van der Waals surface area (Å²) in [5.41, 5.74) is -0.132. The van der Waals surface area contributed by atoms with Gasteiger partial charge in [0.25, 0.3) is 0 Å². The normalized spacial score (nSPS) is 16.8. The minimum atomic E-state index is -3.01. The smallest absolute Gasteiger partial charge is 0.356 e. The summed E-state index contributed by atoms with van der Waals surface area (Å²) in [6.45, 7) is 4.28. The fraction of sp³-hybridized carbons (Fsp3) is 0.194. The van der Waals surface area contributed by atoms with Crippen molar-refractivity contribution in [3.05, 3.63) is 140 Å². The van der Waals surface area contributed by atoms with Gasteiger partial charge in [0.05, 0.1) is 17.6 Å². The highest BCUT2D eigenvalue weighted by atomic mass is 31.2. The van der Waals surface area contributed by atoms with E-state index in [1.807, 2.05) is 121 Å². The first-order valence-corrected chi connectivity index (χ1v) is 15.9. The molecule has 0 saturated carbocycles. The summed E-state index contributed by atoms with van der Waals surface area (Å²) in [4.78, 5) is 30.4. The zero-order valence-corrected chi connectivity index (χ0v) is 24.9. The molecule has 1 heterocycles. The van der Waals surface area contributed by atoms with Crippen molar-refractivity contribution in [2.24, 2.45) is 5.92 Å². The maximum absolute atomic E-state index is 14.7. The van der Waals surface area contributed by atoms with Gasteiger partial charge in [-0.1, -0.05) is 127 Å². The first-order chi connectivity index (χ1) is 20.3. The summed E-state index contributed by atoms with van der Waals surface area (Å²) in [6, 6.07) is 38.8. The Hall–Kier alpha value is -4.18. The van der Waals surface area contributed by atoms with E-state index in [0.717, 1.165) is 21.5 Å². The van der Waals surface area contributed by atoms with Crippen LogP contribution in [0.2, 0.25) is 0 Å². The molecule has 0 unspecified atom stereocenters. The number of benzene rings is 4. The van der Waals surface area contributed by atoms with Gasteiger partial charge in [-0.05, 0) is 41.7 Å². The molecule has 0 spiro atoms. The Morgan fingerprint density at radius 3 is 1.67 bits per heavy atom. The van der Waals surface area contributed by atoms with E-state index in [-0.39, 0.29) is 12.5 Å². The summed E-state index contributed by atoms with van der Waals surface area (Å²) < 4.78 is 6.08. The van der Waals surface area contributed by atoms with E-state index in [9.17, 15) is 14.7 Å². The SMILES string of the molecule is C=CC[C@H]1[C@@H](C(C)(C)O)C(=O)N1C(C(=O)OCc1ccccc1)=P(c1ccccc1)(c1ccccc1)c1ccccc1. The highest BCUT2D eigenvalue weighted by Gasteiger charge is 2.57. The predicted molar refractivity (Wildman–Crippen MR) is 172 cm³/mol. The van der Waals surface area contributed by atoms with Gasteiger partial charge in [0.15, 0.2) is 0 Å². The molecule has 0 bridgehead atoms. The van der Waals surface area contributed by atoms with Crippen LogP contribution < -0.4 is 15.9 Å². The minimum Gasteiger partial charge on any atom is -0.456 e. The third kappa shape index (κ3) is 5.38. The maximum Gasteiger partial charge on any atom is 0.356 e. The van der Waals surface area contributed by atoms with Gasteiger partial charge >= 0.3 is 5.97 Å². The number of hydrogen-bond acceptors (Lipinski definition) is 4. The van der Waals surface area contributed by atoms with Gasteiger partial charge < -0.3 is 14.7 Å². The topological polar surface area (TPSA) is 66.8 Å². The zero-order valence-electron chi connectivity index (χ0n) is 24.0. The zero-order chi connectivity index (χ0) is 29.7. The number of rotatable bonds is 10. The van der Waals surface area contributed by atoms with Crippen LogP contribution in [0.1, 0.15) is 25.8 Å². The molecule has 0 aromatic heterocycles. The molecule has 5 rings (SSSR count). The molecule has 1 saturated heterocycles. The molecule has 2 atom stereocenters. The van der Waals surface area contributed by atoms with Crippen LogP contribution in [0, 0.1) is 5.92 Å². The standard InChI is InChI=1S/C36H36NO4P/c1-4-17-31-32(36(2,3)40)33(38)37(31)34(35(39)41-26-27-18-9-5-10-19-27)42(28-20-11-6-12-21-28,29-22-13-7-14-23-29)30-24-15-8-16-25-30/h4-16,18-25,31-32,40H,1,17,26H2,2-3H3/t31-,32+/m0/s1. The average Bonchev–Trinajstić information content (AvgIpc) is 3.01. The quantitative estimate of drug-likeness (QED) is 0.124.